The van der Waals surface area contributed by atoms with E-state index in [-0.39, 0.29) is 12.1 Å². The van der Waals surface area contributed by atoms with E-state index in [1.54, 1.807) is 0 Å². The molecule has 48 valence electrons. The van der Waals surface area contributed by atoms with Gasteiger partial charge in [0.05, 0.1) is 6.61 Å². The van der Waals surface area contributed by atoms with Crippen molar-refractivity contribution in [3.63, 3.8) is 0 Å². The molecule has 0 aromatic carbocycles. The lowest BCUT2D eigenvalue weighted by molar-refractivity contribution is -0.142. The summed E-state index contributed by atoms with van der Waals surface area (Å²) in [6, 6.07) is 0. The standard InChI is InChI=1S/C5H7BO3/c6-8-3-4-1-2-5(7)9-4/h4H,1-3H2. The summed E-state index contributed by atoms with van der Waals surface area (Å²) < 4.78 is 9.05. The molecule has 1 aliphatic heterocycles. The minimum absolute atomic E-state index is 0.109. The Morgan fingerprint density at radius 3 is 3.11 bits per heavy atom. The Kier molecular flexibility index (Phi) is 2.11. The van der Waals surface area contributed by atoms with E-state index in [2.05, 4.69) is 4.65 Å². The molecule has 1 rings (SSSR count). The van der Waals surface area contributed by atoms with Crippen LogP contribution in [0.15, 0.2) is 0 Å². The Hall–Kier alpha value is -0.505. The van der Waals surface area contributed by atoms with Crippen LogP contribution in [0.3, 0.4) is 0 Å². The maximum Gasteiger partial charge on any atom is 0.306 e. The van der Waals surface area contributed by atoms with Gasteiger partial charge >= 0.3 is 5.97 Å². The maximum atomic E-state index is 10.4. The summed E-state index contributed by atoms with van der Waals surface area (Å²) in [4.78, 5) is 10.4. The van der Waals surface area contributed by atoms with Crippen LogP contribution in [0, 0.1) is 0 Å². The molecule has 1 unspecified atom stereocenters. The topological polar surface area (TPSA) is 35.5 Å². The van der Waals surface area contributed by atoms with Gasteiger partial charge in [-0.2, -0.15) is 0 Å². The van der Waals surface area contributed by atoms with E-state index >= 15 is 0 Å². The number of ether oxygens (including phenoxy) is 1. The third-order valence-electron chi connectivity index (χ3n) is 1.25. The number of carbonyl (C=O) groups excluding carboxylic acids is 1. The largest absolute Gasteiger partial charge is 0.460 e. The summed E-state index contributed by atoms with van der Waals surface area (Å²) in [6.45, 7) is 0.311. The summed E-state index contributed by atoms with van der Waals surface area (Å²) in [5.74, 6) is -0.156. The van der Waals surface area contributed by atoms with Crippen LogP contribution in [0.25, 0.3) is 0 Å². The summed E-state index contributed by atoms with van der Waals surface area (Å²) in [7, 11) is 4.76. The Morgan fingerprint density at radius 2 is 2.67 bits per heavy atom. The van der Waals surface area contributed by atoms with E-state index in [4.69, 9.17) is 12.8 Å². The van der Waals surface area contributed by atoms with Crippen LogP contribution in [0.2, 0.25) is 0 Å². The van der Waals surface area contributed by atoms with Crippen molar-refractivity contribution < 1.29 is 14.2 Å². The van der Waals surface area contributed by atoms with Gasteiger partial charge in [-0.25, -0.2) is 0 Å². The van der Waals surface area contributed by atoms with Crippen LogP contribution >= 0.6 is 0 Å². The van der Waals surface area contributed by atoms with E-state index in [0.29, 0.717) is 13.0 Å². The van der Waals surface area contributed by atoms with Crippen molar-refractivity contribution >= 4 is 14.0 Å². The van der Waals surface area contributed by atoms with Gasteiger partial charge in [-0.3, -0.25) is 4.79 Å². The van der Waals surface area contributed by atoms with Crippen molar-refractivity contribution in [2.45, 2.75) is 18.9 Å². The molecule has 1 heterocycles. The van der Waals surface area contributed by atoms with Gasteiger partial charge in [-0.05, 0) is 6.42 Å². The first kappa shape index (κ1) is 6.61. The lowest BCUT2D eigenvalue weighted by Gasteiger charge is -2.05. The van der Waals surface area contributed by atoms with Gasteiger partial charge < -0.3 is 9.39 Å². The van der Waals surface area contributed by atoms with Gasteiger partial charge in [0.2, 0.25) is 0 Å². The van der Waals surface area contributed by atoms with E-state index in [9.17, 15) is 4.79 Å². The molecule has 0 saturated carbocycles. The molecule has 0 amide bonds. The number of rotatable bonds is 2. The van der Waals surface area contributed by atoms with E-state index in [0.717, 1.165) is 6.42 Å². The van der Waals surface area contributed by atoms with Crippen molar-refractivity contribution in [2.24, 2.45) is 0 Å². The van der Waals surface area contributed by atoms with Crippen molar-refractivity contribution in [1.29, 1.82) is 0 Å². The predicted molar refractivity (Wildman–Crippen MR) is 30.8 cm³/mol. The monoisotopic (exact) mass is 126 g/mol. The van der Waals surface area contributed by atoms with Crippen molar-refractivity contribution in [3.8, 4) is 0 Å². The first-order valence-corrected chi connectivity index (χ1v) is 2.84. The highest BCUT2D eigenvalue weighted by molar-refractivity contribution is 5.97. The van der Waals surface area contributed by atoms with Crippen LogP contribution in [0.1, 0.15) is 12.8 Å². The highest BCUT2D eigenvalue weighted by Crippen LogP contribution is 2.12. The average molecular weight is 126 g/mol. The van der Waals surface area contributed by atoms with Gasteiger partial charge in [-0.15, -0.1) is 0 Å². The molecule has 9 heavy (non-hydrogen) atoms. The molecule has 1 atom stereocenters. The zero-order valence-corrected chi connectivity index (χ0v) is 5.00. The fourth-order valence-corrected chi connectivity index (χ4v) is 0.807. The number of cyclic esters (lactones) is 1. The zero-order valence-electron chi connectivity index (χ0n) is 5.00. The van der Waals surface area contributed by atoms with Crippen LogP contribution in [-0.4, -0.2) is 26.7 Å². The molecular formula is C5H7BO3. The normalized spacial score (nSPS) is 26.2. The van der Waals surface area contributed by atoms with Crippen molar-refractivity contribution in [3.05, 3.63) is 0 Å². The smallest absolute Gasteiger partial charge is 0.306 e. The Balaban J connectivity index is 2.22. The molecule has 0 bridgehead atoms. The second-order valence-corrected chi connectivity index (χ2v) is 1.98. The third kappa shape index (κ3) is 1.71. The van der Waals surface area contributed by atoms with Gasteiger partial charge in [0.1, 0.15) is 6.10 Å². The quantitative estimate of drug-likeness (QED) is 0.379. The molecule has 0 aromatic heterocycles. The van der Waals surface area contributed by atoms with Crippen LogP contribution < -0.4 is 0 Å². The van der Waals surface area contributed by atoms with Crippen molar-refractivity contribution in [2.75, 3.05) is 6.61 Å². The molecule has 0 aliphatic carbocycles. The third-order valence-corrected chi connectivity index (χ3v) is 1.25. The number of hydrogen-bond acceptors (Lipinski definition) is 3. The van der Waals surface area contributed by atoms with Crippen LogP contribution in [-0.2, 0) is 14.2 Å². The number of esters is 1. The Morgan fingerprint density at radius 1 is 1.89 bits per heavy atom. The molecule has 0 spiro atoms. The minimum Gasteiger partial charge on any atom is -0.460 e. The van der Waals surface area contributed by atoms with Gasteiger partial charge in [-0.1, -0.05) is 0 Å². The summed E-state index contributed by atoms with van der Waals surface area (Å²) in [5, 5.41) is 0. The average Bonchev–Trinajstić information content (AvgIpc) is 2.17. The number of hydrogen-bond donors (Lipinski definition) is 0. The lowest BCUT2D eigenvalue weighted by Crippen LogP contribution is -2.13. The van der Waals surface area contributed by atoms with Crippen LogP contribution in [0.4, 0.5) is 0 Å². The van der Waals surface area contributed by atoms with E-state index < -0.39 is 0 Å². The molecule has 1 fully saturated rings. The maximum absolute atomic E-state index is 10.4. The molecule has 1 saturated heterocycles. The number of carbonyl (C=O) groups is 1. The Bertz CT molecular complexity index is 115. The molecule has 3 nitrogen and oxygen atoms in total. The van der Waals surface area contributed by atoms with Crippen molar-refractivity contribution in [1.82, 2.24) is 0 Å². The van der Waals surface area contributed by atoms with E-state index in [1.165, 1.54) is 0 Å². The van der Waals surface area contributed by atoms with Crippen LogP contribution in [0.5, 0.6) is 0 Å². The van der Waals surface area contributed by atoms with Gasteiger partial charge in [0.15, 0.2) is 0 Å². The second kappa shape index (κ2) is 2.87. The zero-order chi connectivity index (χ0) is 6.69. The molecular weight excluding hydrogens is 119 g/mol. The highest BCUT2D eigenvalue weighted by Gasteiger charge is 2.22. The summed E-state index contributed by atoms with van der Waals surface area (Å²) in [6.07, 6.45) is 1.12. The molecule has 0 N–H and O–H groups in total. The summed E-state index contributed by atoms with van der Waals surface area (Å²) >= 11 is 0. The lowest BCUT2D eigenvalue weighted by atomic mass is 10.2. The Labute approximate surface area is 54.8 Å². The molecule has 2 radical (unpaired) electrons. The second-order valence-electron chi connectivity index (χ2n) is 1.98. The SMILES string of the molecule is [B]OCC1CCC(=O)O1. The molecule has 1 aliphatic rings. The summed E-state index contributed by atoms with van der Waals surface area (Å²) in [5.41, 5.74) is 0. The van der Waals surface area contributed by atoms with E-state index in [1.807, 2.05) is 0 Å². The molecule has 0 aromatic rings. The minimum atomic E-state index is -0.156. The first-order valence-electron chi connectivity index (χ1n) is 2.84. The predicted octanol–water partition coefficient (Wildman–Crippen LogP) is -0.208. The fraction of sp³-hybridized carbons (Fsp3) is 0.800. The van der Waals surface area contributed by atoms with Gasteiger partial charge in [0.25, 0.3) is 8.05 Å². The van der Waals surface area contributed by atoms with Gasteiger partial charge in [0, 0.05) is 6.42 Å². The fourth-order valence-electron chi connectivity index (χ4n) is 0.807. The highest BCUT2D eigenvalue weighted by atomic mass is 16.6. The molecule has 4 heteroatoms. The first-order chi connectivity index (χ1) is 4.33.